The number of benzene rings is 1. The van der Waals surface area contributed by atoms with Crippen LogP contribution in [0.4, 0.5) is 0 Å². The van der Waals surface area contributed by atoms with Crippen molar-refractivity contribution in [1.29, 1.82) is 0 Å². The van der Waals surface area contributed by atoms with E-state index in [1.54, 1.807) is 24.3 Å². The molecule has 0 aromatic heterocycles. The Kier molecular flexibility index (Phi) is 5.31. The number of carbonyl (C=O) groups is 2. The quantitative estimate of drug-likeness (QED) is 0.829. The minimum atomic E-state index is 0.0775. The van der Waals surface area contributed by atoms with E-state index in [1.807, 2.05) is 33.3 Å². The molecule has 2 amide bonds. The van der Waals surface area contributed by atoms with Gasteiger partial charge >= 0.3 is 0 Å². The summed E-state index contributed by atoms with van der Waals surface area (Å²) in [7, 11) is 0. The summed E-state index contributed by atoms with van der Waals surface area (Å²) in [5.41, 5.74) is 1.36. The third kappa shape index (κ3) is 3.60. The van der Waals surface area contributed by atoms with Crippen LogP contribution in [0.15, 0.2) is 24.3 Å². The summed E-state index contributed by atoms with van der Waals surface area (Å²) in [6.45, 7) is 3.26. The van der Waals surface area contributed by atoms with E-state index >= 15 is 0 Å². The second-order valence-electron chi connectivity index (χ2n) is 5.39. The largest absolute Gasteiger partial charge is 0.337 e. The zero-order valence-corrected chi connectivity index (χ0v) is 14.1. The summed E-state index contributed by atoms with van der Waals surface area (Å²) in [5.74, 6) is 4.19. The van der Waals surface area contributed by atoms with Crippen LogP contribution in [-0.4, -0.2) is 70.8 Å². The van der Waals surface area contributed by atoms with Crippen molar-refractivity contribution >= 4 is 35.3 Å². The van der Waals surface area contributed by atoms with E-state index in [9.17, 15) is 9.59 Å². The summed E-state index contributed by atoms with van der Waals surface area (Å²) >= 11 is 3.78. The molecule has 6 heteroatoms. The Labute approximate surface area is 139 Å². The van der Waals surface area contributed by atoms with Gasteiger partial charge in [-0.15, -0.1) is 0 Å². The van der Waals surface area contributed by atoms with Gasteiger partial charge in [-0.2, -0.15) is 23.5 Å². The first kappa shape index (κ1) is 15.7. The van der Waals surface area contributed by atoms with Crippen LogP contribution in [0.1, 0.15) is 20.7 Å². The molecule has 1 aromatic carbocycles. The molecule has 0 N–H and O–H groups in total. The second-order valence-corrected chi connectivity index (χ2v) is 7.84. The molecule has 1 aromatic rings. The van der Waals surface area contributed by atoms with Crippen LogP contribution in [0.3, 0.4) is 0 Å². The molecule has 0 atom stereocenters. The van der Waals surface area contributed by atoms with Crippen molar-refractivity contribution in [2.75, 3.05) is 49.2 Å². The fourth-order valence-electron chi connectivity index (χ4n) is 2.65. The first-order chi connectivity index (χ1) is 10.8. The number of hydrogen-bond donors (Lipinski definition) is 0. The van der Waals surface area contributed by atoms with Gasteiger partial charge in [0.15, 0.2) is 0 Å². The predicted octanol–water partition coefficient (Wildman–Crippen LogP) is 2.06. The normalized spacial score (nSPS) is 19.1. The van der Waals surface area contributed by atoms with E-state index in [-0.39, 0.29) is 11.8 Å². The molecule has 2 aliphatic rings. The van der Waals surface area contributed by atoms with Crippen molar-refractivity contribution in [3.63, 3.8) is 0 Å². The van der Waals surface area contributed by atoms with Crippen LogP contribution in [0.5, 0.6) is 0 Å². The maximum atomic E-state index is 12.4. The van der Waals surface area contributed by atoms with Crippen molar-refractivity contribution in [2.24, 2.45) is 0 Å². The highest BCUT2D eigenvalue weighted by Gasteiger charge is 2.21. The number of amides is 2. The van der Waals surface area contributed by atoms with Crippen molar-refractivity contribution in [2.45, 2.75) is 0 Å². The maximum absolute atomic E-state index is 12.4. The smallest absolute Gasteiger partial charge is 0.253 e. The first-order valence-corrected chi connectivity index (χ1v) is 9.91. The zero-order valence-electron chi connectivity index (χ0n) is 12.5. The summed E-state index contributed by atoms with van der Waals surface area (Å²) < 4.78 is 0. The van der Waals surface area contributed by atoms with Gasteiger partial charge in [-0.05, 0) is 24.3 Å². The highest BCUT2D eigenvalue weighted by molar-refractivity contribution is 7.99. The molecule has 22 heavy (non-hydrogen) atoms. The van der Waals surface area contributed by atoms with Gasteiger partial charge in [-0.25, -0.2) is 0 Å². The molecule has 2 saturated heterocycles. The van der Waals surface area contributed by atoms with Gasteiger partial charge in [0.2, 0.25) is 0 Å². The fraction of sp³-hybridized carbons (Fsp3) is 0.500. The second kappa shape index (κ2) is 7.42. The van der Waals surface area contributed by atoms with E-state index < -0.39 is 0 Å². The number of thioether (sulfide) groups is 2. The Morgan fingerprint density at radius 3 is 1.32 bits per heavy atom. The molecule has 0 aliphatic carbocycles. The zero-order chi connectivity index (χ0) is 15.4. The molecule has 0 spiro atoms. The molecule has 2 fully saturated rings. The van der Waals surface area contributed by atoms with E-state index in [0.29, 0.717) is 11.1 Å². The SMILES string of the molecule is O=C(c1ccc(C(=O)N2CCSCC2)cc1)N1CCSCC1. The Morgan fingerprint density at radius 2 is 1.00 bits per heavy atom. The topological polar surface area (TPSA) is 40.6 Å². The molecule has 118 valence electrons. The lowest BCUT2D eigenvalue weighted by molar-refractivity contribution is 0.0760. The Bertz CT molecular complexity index is 487. The predicted molar refractivity (Wildman–Crippen MR) is 92.9 cm³/mol. The van der Waals surface area contributed by atoms with Gasteiger partial charge in [-0.1, -0.05) is 0 Å². The molecule has 4 nitrogen and oxygen atoms in total. The lowest BCUT2D eigenvalue weighted by Gasteiger charge is -2.27. The number of hydrogen-bond acceptors (Lipinski definition) is 4. The van der Waals surface area contributed by atoms with Crippen LogP contribution in [0.2, 0.25) is 0 Å². The number of carbonyl (C=O) groups excluding carboxylic acids is 2. The lowest BCUT2D eigenvalue weighted by atomic mass is 10.1. The Hall–Kier alpha value is -1.14. The monoisotopic (exact) mass is 336 g/mol. The highest BCUT2D eigenvalue weighted by Crippen LogP contribution is 2.16. The van der Waals surface area contributed by atoms with Gasteiger partial charge in [0, 0.05) is 60.3 Å². The van der Waals surface area contributed by atoms with Crippen LogP contribution in [-0.2, 0) is 0 Å². The Morgan fingerprint density at radius 1 is 0.682 bits per heavy atom. The van der Waals surface area contributed by atoms with E-state index in [4.69, 9.17) is 0 Å². The summed E-state index contributed by atoms with van der Waals surface area (Å²) in [6, 6.07) is 7.15. The minimum absolute atomic E-state index is 0.0775. The summed E-state index contributed by atoms with van der Waals surface area (Å²) in [4.78, 5) is 28.6. The molecule has 0 saturated carbocycles. The first-order valence-electron chi connectivity index (χ1n) is 7.60. The van der Waals surface area contributed by atoms with Crippen molar-refractivity contribution in [3.8, 4) is 0 Å². The molecule has 0 radical (unpaired) electrons. The molecule has 3 rings (SSSR count). The van der Waals surface area contributed by atoms with Crippen LogP contribution in [0, 0.1) is 0 Å². The van der Waals surface area contributed by atoms with Gasteiger partial charge in [0.05, 0.1) is 0 Å². The standard InChI is InChI=1S/C16H20N2O2S2/c19-15(17-5-9-21-10-6-17)13-1-2-14(4-3-13)16(20)18-7-11-22-12-8-18/h1-4H,5-12H2. The van der Waals surface area contributed by atoms with Crippen molar-refractivity contribution in [3.05, 3.63) is 35.4 Å². The molecular weight excluding hydrogens is 316 g/mol. The lowest BCUT2D eigenvalue weighted by Crippen LogP contribution is -2.38. The third-order valence-electron chi connectivity index (χ3n) is 3.98. The van der Waals surface area contributed by atoms with Crippen LogP contribution in [0.25, 0.3) is 0 Å². The van der Waals surface area contributed by atoms with Crippen molar-refractivity contribution < 1.29 is 9.59 Å². The summed E-state index contributed by atoms with van der Waals surface area (Å²) in [6.07, 6.45) is 0. The molecule has 0 bridgehead atoms. The van der Waals surface area contributed by atoms with E-state index in [1.165, 1.54) is 0 Å². The highest BCUT2D eigenvalue weighted by atomic mass is 32.2. The van der Waals surface area contributed by atoms with E-state index in [0.717, 1.165) is 49.2 Å². The van der Waals surface area contributed by atoms with Crippen LogP contribution < -0.4 is 0 Å². The molecule has 2 aliphatic heterocycles. The maximum Gasteiger partial charge on any atom is 0.253 e. The van der Waals surface area contributed by atoms with Gasteiger partial charge in [-0.3, -0.25) is 9.59 Å². The average molecular weight is 336 g/mol. The fourth-order valence-corrected chi connectivity index (χ4v) is 4.46. The molecular formula is C16H20N2O2S2. The van der Waals surface area contributed by atoms with Gasteiger partial charge < -0.3 is 9.80 Å². The minimum Gasteiger partial charge on any atom is -0.337 e. The number of nitrogens with zero attached hydrogens (tertiary/aromatic N) is 2. The molecule has 2 heterocycles. The van der Waals surface area contributed by atoms with E-state index in [2.05, 4.69) is 0 Å². The van der Waals surface area contributed by atoms with Crippen LogP contribution >= 0.6 is 23.5 Å². The summed E-state index contributed by atoms with van der Waals surface area (Å²) in [5, 5.41) is 0. The van der Waals surface area contributed by atoms with Gasteiger partial charge in [0.25, 0.3) is 11.8 Å². The number of rotatable bonds is 2. The molecule has 0 unspecified atom stereocenters. The third-order valence-corrected chi connectivity index (χ3v) is 5.86. The van der Waals surface area contributed by atoms with Gasteiger partial charge in [0.1, 0.15) is 0 Å². The Balaban J connectivity index is 1.66. The average Bonchev–Trinajstić information content (AvgIpc) is 2.62. The van der Waals surface area contributed by atoms with Crippen molar-refractivity contribution in [1.82, 2.24) is 9.80 Å².